The summed E-state index contributed by atoms with van der Waals surface area (Å²) < 4.78 is 5.50. The molecule has 0 saturated carbocycles. The Bertz CT molecular complexity index is 1680. The van der Waals surface area contributed by atoms with Gasteiger partial charge in [0.1, 0.15) is 5.75 Å². The van der Waals surface area contributed by atoms with Crippen molar-refractivity contribution in [3.63, 3.8) is 0 Å². The Morgan fingerprint density at radius 3 is 2.33 bits per heavy atom. The van der Waals surface area contributed by atoms with Crippen LogP contribution in [0.1, 0.15) is 39.0 Å². The lowest BCUT2D eigenvalue weighted by Crippen LogP contribution is -2.22. The van der Waals surface area contributed by atoms with Crippen molar-refractivity contribution in [3.05, 3.63) is 109 Å². The standard InChI is InChI=1S/C35H37N5O2/c1-6-40(27-10-9-19-36-22-27)23-26-15-13-24(21-37-26)28-16-17-31(30-12-8-7-11-29(28)30)38-34(41)39-32-20-25(35(2,3)4)14-18-33(32)42-5/h7-22H,6,23H2,1-5H3,(H2,38,39,41). The third-order valence-electron chi connectivity index (χ3n) is 7.37. The van der Waals surface area contributed by atoms with Crippen LogP contribution in [0.15, 0.2) is 97.5 Å². The summed E-state index contributed by atoms with van der Waals surface area (Å²) in [4.78, 5) is 24.4. The predicted octanol–water partition coefficient (Wildman–Crippen LogP) is 8.27. The number of anilines is 3. The van der Waals surface area contributed by atoms with E-state index in [0.29, 0.717) is 18.0 Å². The molecule has 0 aliphatic rings. The van der Waals surface area contributed by atoms with Gasteiger partial charge in [-0.2, -0.15) is 0 Å². The number of nitrogens with one attached hydrogen (secondary N) is 2. The molecule has 3 aromatic carbocycles. The van der Waals surface area contributed by atoms with E-state index in [1.54, 1.807) is 13.3 Å². The van der Waals surface area contributed by atoms with Crippen LogP contribution in [0, 0.1) is 0 Å². The summed E-state index contributed by atoms with van der Waals surface area (Å²) in [6.07, 6.45) is 5.58. The maximum atomic E-state index is 13.2. The third-order valence-corrected chi connectivity index (χ3v) is 7.37. The number of fused-ring (bicyclic) bond motifs is 1. The minimum atomic E-state index is -0.336. The van der Waals surface area contributed by atoms with Gasteiger partial charge in [-0.3, -0.25) is 9.97 Å². The average Bonchev–Trinajstić information content (AvgIpc) is 3.00. The van der Waals surface area contributed by atoms with Crippen LogP contribution in [0.25, 0.3) is 21.9 Å². The van der Waals surface area contributed by atoms with Gasteiger partial charge < -0.3 is 20.3 Å². The number of hydrogen-bond acceptors (Lipinski definition) is 5. The maximum Gasteiger partial charge on any atom is 0.323 e. The van der Waals surface area contributed by atoms with Gasteiger partial charge in [0.15, 0.2) is 0 Å². The molecule has 7 nitrogen and oxygen atoms in total. The molecule has 0 unspecified atom stereocenters. The molecular weight excluding hydrogens is 522 g/mol. The molecule has 0 fully saturated rings. The molecule has 0 spiro atoms. The normalized spacial score (nSPS) is 11.3. The lowest BCUT2D eigenvalue weighted by Gasteiger charge is -2.22. The second kappa shape index (κ2) is 12.3. The van der Waals surface area contributed by atoms with Gasteiger partial charge in [-0.25, -0.2) is 4.79 Å². The lowest BCUT2D eigenvalue weighted by molar-refractivity contribution is 0.262. The SMILES string of the molecule is CCN(Cc1ccc(-c2ccc(NC(=O)Nc3cc(C(C)(C)C)ccc3OC)c3ccccc23)cn1)c1cccnc1. The Balaban J connectivity index is 1.37. The minimum Gasteiger partial charge on any atom is -0.495 e. The van der Waals surface area contributed by atoms with Crippen LogP contribution in [-0.4, -0.2) is 29.7 Å². The van der Waals surface area contributed by atoms with Crippen LogP contribution in [-0.2, 0) is 12.0 Å². The number of carbonyl (C=O) groups is 1. The molecule has 2 heterocycles. The van der Waals surface area contributed by atoms with Crippen LogP contribution >= 0.6 is 0 Å². The van der Waals surface area contributed by atoms with Crippen LogP contribution in [0.5, 0.6) is 5.75 Å². The summed E-state index contributed by atoms with van der Waals surface area (Å²) in [5.74, 6) is 0.608. The Morgan fingerprint density at radius 2 is 1.67 bits per heavy atom. The molecule has 2 amide bonds. The number of benzene rings is 3. The lowest BCUT2D eigenvalue weighted by atomic mass is 9.87. The van der Waals surface area contributed by atoms with Crippen LogP contribution in [0.3, 0.4) is 0 Å². The zero-order valence-corrected chi connectivity index (χ0v) is 24.8. The van der Waals surface area contributed by atoms with E-state index in [1.807, 2.05) is 67.0 Å². The number of nitrogens with zero attached hydrogens (tertiary/aromatic N) is 3. The fourth-order valence-corrected chi connectivity index (χ4v) is 5.01. The summed E-state index contributed by atoms with van der Waals surface area (Å²) in [7, 11) is 1.60. The first-order chi connectivity index (χ1) is 20.3. The van der Waals surface area contributed by atoms with Crippen molar-refractivity contribution in [1.29, 1.82) is 0 Å². The van der Waals surface area contributed by atoms with E-state index in [9.17, 15) is 4.79 Å². The Kier molecular flexibility index (Phi) is 8.38. The molecule has 214 valence electrons. The number of aromatic nitrogens is 2. The molecule has 0 bridgehead atoms. The monoisotopic (exact) mass is 559 g/mol. The van der Waals surface area contributed by atoms with Gasteiger partial charge >= 0.3 is 6.03 Å². The molecule has 0 saturated heterocycles. The van der Waals surface area contributed by atoms with Gasteiger partial charge in [0, 0.05) is 29.9 Å². The van der Waals surface area contributed by atoms with Gasteiger partial charge in [0.25, 0.3) is 0 Å². The first-order valence-electron chi connectivity index (χ1n) is 14.2. The summed E-state index contributed by atoms with van der Waals surface area (Å²) in [6, 6.07) is 25.8. The second-order valence-corrected chi connectivity index (χ2v) is 11.2. The number of ether oxygens (including phenoxy) is 1. The van der Waals surface area contributed by atoms with E-state index in [2.05, 4.69) is 72.5 Å². The Labute approximate surface area is 247 Å². The van der Waals surface area contributed by atoms with E-state index >= 15 is 0 Å². The maximum absolute atomic E-state index is 13.2. The summed E-state index contributed by atoms with van der Waals surface area (Å²) in [6.45, 7) is 10.1. The van der Waals surface area contributed by atoms with Crippen molar-refractivity contribution in [3.8, 4) is 16.9 Å². The van der Waals surface area contributed by atoms with Gasteiger partial charge in [-0.15, -0.1) is 0 Å². The topological polar surface area (TPSA) is 79.4 Å². The van der Waals surface area contributed by atoms with E-state index in [4.69, 9.17) is 9.72 Å². The van der Waals surface area contributed by atoms with E-state index < -0.39 is 0 Å². The molecule has 5 aromatic rings. The molecule has 0 radical (unpaired) electrons. The molecule has 0 atom stereocenters. The van der Waals surface area contributed by atoms with Crippen molar-refractivity contribution in [1.82, 2.24) is 9.97 Å². The molecule has 5 rings (SSSR count). The van der Waals surface area contributed by atoms with Crippen LogP contribution in [0.2, 0.25) is 0 Å². The van der Waals surface area contributed by atoms with Crippen molar-refractivity contribution in [2.24, 2.45) is 0 Å². The molecule has 2 N–H and O–H groups in total. The van der Waals surface area contributed by atoms with Crippen molar-refractivity contribution >= 4 is 33.9 Å². The number of pyridine rings is 2. The van der Waals surface area contributed by atoms with Gasteiger partial charge in [-0.05, 0) is 65.3 Å². The van der Waals surface area contributed by atoms with E-state index in [1.165, 1.54) is 0 Å². The Hall–Kier alpha value is -4.91. The highest BCUT2D eigenvalue weighted by Gasteiger charge is 2.18. The number of rotatable bonds is 8. The smallest absolute Gasteiger partial charge is 0.323 e. The third kappa shape index (κ3) is 6.36. The first kappa shape index (κ1) is 28.6. The molecule has 0 aliphatic carbocycles. The molecule has 7 heteroatoms. The number of hydrogen-bond donors (Lipinski definition) is 2. The molecular formula is C35H37N5O2. The highest BCUT2D eigenvalue weighted by Crippen LogP contribution is 2.34. The zero-order valence-electron chi connectivity index (χ0n) is 24.8. The van der Waals surface area contributed by atoms with Gasteiger partial charge in [0.2, 0.25) is 0 Å². The van der Waals surface area contributed by atoms with Crippen LogP contribution < -0.4 is 20.3 Å². The average molecular weight is 560 g/mol. The number of methoxy groups -OCH3 is 1. The zero-order chi connectivity index (χ0) is 29.7. The van der Waals surface area contributed by atoms with Crippen molar-refractivity contribution in [2.45, 2.75) is 39.7 Å². The first-order valence-corrected chi connectivity index (χ1v) is 14.2. The molecule has 42 heavy (non-hydrogen) atoms. The quantitative estimate of drug-likeness (QED) is 0.200. The largest absolute Gasteiger partial charge is 0.495 e. The minimum absolute atomic E-state index is 0.0625. The Morgan fingerprint density at radius 1 is 0.881 bits per heavy atom. The fraction of sp³-hybridized carbons (Fsp3) is 0.229. The van der Waals surface area contributed by atoms with Crippen LogP contribution in [0.4, 0.5) is 21.9 Å². The summed E-state index contributed by atoms with van der Waals surface area (Å²) in [5, 5.41) is 7.99. The second-order valence-electron chi connectivity index (χ2n) is 11.2. The van der Waals surface area contributed by atoms with E-state index in [0.717, 1.165) is 51.1 Å². The highest BCUT2D eigenvalue weighted by atomic mass is 16.5. The summed E-state index contributed by atoms with van der Waals surface area (Å²) in [5.41, 5.74) is 6.50. The number of amides is 2. The van der Waals surface area contributed by atoms with E-state index in [-0.39, 0.29) is 11.4 Å². The highest BCUT2D eigenvalue weighted by molar-refractivity contribution is 6.10. The molecule has 2 aromatic heterocycles. The number of urea groups is 1. The van der Waals surface area contributed by atoms with Gasteiger partial charge in [-0.1, -0.05) is 63.2 Å². The number of carbonyl (C=O) groups excluding carboxylic acids is 1. The fourth-order valence-electron chi connectivity index (χ4n) is 5.01. The van der Waals surface area contributed by atoms with Crippen molar-refractivity contribution in [2.75, 3.05) is 29.2 Å². The molecule has 0 aliphatic heterocycles. The van der Waals surface area contributed by atoms with Crippen molar-refractivity contribution < 1.29 is 9.53 Å². The summed E-state index contributed by atoms with van der Waals surface area (Å²) >= 11 is 0. The van der Waals surface area contributed by atoms with Gasteiger partial charge in [0.05, 0.1) is 42.6 Å². The predicted molar refractivity (Wildman–Crippen MR) is 172 cm³/mol.